The van der Waals surface area contributed by atoms with Crippen molar-refractivity contribution in [1.29, 1.82) is 0 Å². The van der Waals surface area contributed by atoms with Crippen LogP contribution in [0.2, 0.25) is 0 Å². The van der Waals surface area contributed by atoms with Crippen LogP contribution in [0.3, 0.4) is 0 Å². The summed E-state index contributed by atoms with van der Waals surface area (Å²) < 4.78 is 6.54. The highest BCUT2D eigenvalue weighted by Crippen LogP contribution is 2.51. The smallest absolute Gasteiger partial charge is 0.164 e. The predicted octanol–water partition coefficient (Wildman–Crippen LogP) is 9.47. The van der Waals surface area contributed by atoms with Gasteiger partial charge in [0.1, 0.15) is 11.5 Å². The first-order valence-electron chi connectivity index (χ1n) is 13.6. The molecule has 0 spiro atoms. The van der Waals surface area contributed by atoms with Crippen LogP contribution in [-0.2, 0) is 0 Å². The fraction of sp³-hybridized carbons (Fsp3) is 0. The molecule has 0 radical (unpaired) electrons. The van der Waals surface area contributed by atoms with Crippen molar-refractivity contribution in [3.05, 3.63) is 140 Å². The lowest BCUT2D eigenvalue weighted by atomic mass is 9.88. The highest BCUT2D eigenvalue weighted by molar-refractivity contribution is 6.11. The Morgan fingerprint density at radius 3 is 1.59 bits per heavy atom. The van der Waals surface area contributed by atoms with Gasteiger partial charge in [0.05, 0.1) is 0 Å². The maximum atomic E-state index is 6.54. The van der Waals surface area contributed by atoms with Crippen molar-refractivity contribution in [2.24, 2.45) is 0 Å². The number of hydrogen-bond donors (Lipinski definition) is 0. The van der Waals surface area contributed by atoms with E-state index >= 15 is 0 Å². The molecule has 1 aliphatic rings. The van der Waals surface area contributed by atoms with Crippen LogP contribution in [0.25, 0.3) is 67.2 Å². The van der Waals surface area contributed by atoms with Gasteiger partial charge in [-0.05, 0) is 40.3 Å². The maximum Gasteiger partial charge on any atom is 0.164 e. The molecule has 1 aliphatic heterocycles. The summed E-state index contributed by atoms with van der Waals surface area (Å²) in [4.78, 5) is 14.9. The highest BCUT2D eigenvalue weighted by Gasteiger charge is 2.25. The second kappa shape index (κ2) is 9.54. The summed E-state index contributed by atoms with van der Waals surface area (Å²) in [6.45, 7) is 0. The fourth-order valence-corrected chi connectivity index (χ4v) is 5.66. The zero-order chi connectivity index (χ0) is 27.2. The van der Waals surface area contributed by atoms with Crippen LogP contribution in [0.5, 0.6) is 11.5 Å². The van der Waals surface area contributed by atoms with Crippen molar-refractivity contribution in [2.45, 2.75) is 0 Å². The summed E-state index contributed by atoms with van der Waals surface area (Å²) in [5, 5.41) is 2.10. The van der Waals surface area contributed by atoms with E-state index in [-0.39, 0.29) is 0 Å². The molecular weight excluding hydrogens is 502 g/mol. The Balaban J connectivity index is 1.37. The van der Waals surface area contributed by atoms with Gasteiger partial charge in [0.25, 0.3) is 0 Å². The van der Waals surface area contributed by atoms with Gasteiger partial charge in [-0.15, -0.1) is 0 Å². The van der Waals surface area contributed by atoms with E-state index in [1.165, 1.54) is 0 Å². The first-order valence-corrected chi connectivity index (χ1v) is 13.6. The number of ether oxygens (including phenoxy) is 1. The van der Waals surface area contributed by atoms with Crippen molar-refractivity contribution in [3.8, 4) is 67.9 Å². The minimum Gasteiger partial charge on any atom is -0.456 e. The average molecular weight is 526 g/mol. The lowest BCUT2D eigenvalue weighted by molar-refractivity contribution is 0.487. The molecule has 0 saturated carbocycles. The molecule has 0 aliphatic carbocycles. The molecule has 2 heterocycles. The van der Waals surface area contributed by atoms with Gasteiger partial charge < -0.3 is 4.74 Å². The van der Waals surface area contributed by atoms with Gasteiger partial charge in [-0.2, -0.15) is 0 Å². The van der Waals surface area contributed by atoms with Gasteiger partial charge in [0.2, 0.25) is 0 Å². The summed E-state index contributed by atoms with van der Waals surface area (Å²) in [6.07, 6.45) is 0. The molecule has 0 bridgehead atoms. The summed E-state index contributed by atoms with van der Waals surface area (Å²) in [7, 11) is 0. The predicted molar refractivity (Wildman–Crippen MR) is 165 cm³/mol. The molecule has 192 valence electrons. The molecule has 0 atom stereocenters. The van der Waals surface area contributed by atoms with Gasteiger partial charge in [0, 0.05) is 27.6 Å². The van der Waals surface area contributed by atoms with Crippen LogP contribution in [0.1, 0.15) is 0 Å². The molecule has 0 N–H and O–H groups in total. The van der Waals surface area contributed by atoms with Crippen LogP contribution < -0.4 is 4.74 Å². The molecular formula is C37H23N3O. The lowest BCUT2D eigenvalue weighted by Gasteiger charge is -2.24. The second-order valence-corrected chi connectivity index (χ2v) is 10.0. The Bertz CT molecular complexity index is 2000. The Morgan fingerprint density at radius 2 is 0.927 bits per heavy atom. The van der Waals surface area contributed by atoms with Gasteiger partial charge >= 0.3 is 0 Å². The van der Waals surface area contributed by atoms with E-state index in [1.807, 2.05) is 78.9 Å². The van der Waals surface area contributed by atoms with Crippen molar-refractivity contribution in [3.63, 3.8) is 0 Å². The Hall–Kier alpha value is -5.61. The summed E-state index contributed by atoms with van der Waals surface area (Å²) in [6, 6.07) is 47.4. The summed E-state index contributed by atoms with van der Waals surface area (Å²) >= 11 is 0. The molecule has 0 fully saturated rings. The topological polar surface area (TPSA) is 47.9 Å². The van der Waals surface area contributed by atoms with Gasteiger partial charge in [-0.1, -0.05) is 121 Å². The number of nitrogens with zero attached hydrogens (tertiary/aromatic N) is 3. The van der Waals surface area contributed by atoms with Crippen LogP contribution in [0.15, 0.2) is 140 Å². The normalized spacial score (nSPS) is 11.6. The molecule has 7 aromatic rings. The van der Waals surface area contributed by atoms with Gasteiger partial charge in [0.15, 0.2) is 17.5 Å². The van der Waals surface area contributed by atoms with E-state index in [0.717, 1.165) is 61.2 Å². The zero-order valence-corrected chi connectivity index (χ0v) is 22.0. The molecule has 4 heteroatoms. The van der Waals surface area contributed by atoms with Crippen LogP contribution >= 0.6 is 0 Å². The number of hydrogen-bond acceptors (Lipinski definition) is 4. The van der Waals surface area contributed by atoms with E-state index in [9.17, 15) is 0 Å². The Labute approximate surface area is 237 Å². The molecule has 8 rings (SSSR count). The number of benzene rings is 6. The SMILES string of the molecule is c1ccc(-c2nc(-c3ccccc3)nc(-c3ccc4c5c(cccc35)-c3c(cccc3-c3ccccc3)O4)n2)cc1. The fourth-order valence-electron chi connectivity index (χ4n) is 5.66. The third-order valence-electron chi connectivity index (χ3n) is 7.54. The van der Waals surface area contributed by atoms with Crippen molar-refractivity contribution >= 4 is 10.8 Å². The minimum absolute atomic E-state index is 0.628. The van der Waals surface area contributed by atoms with Gasteiger partial charge in [-0.3, -0.25) is 0 Å². The molecule has 0 saturated heterocycles. The number of aromatic nitrogens is 3. The Morgan fingerprint density at radius 1 is 0.366 bits per heavy atom. The molecule has 41 heavy (non-hydrogen) atoms. The standard InChI is InChI=1S/C37H23N3O/c1-4-12-24(13-5-1)27-18-11-21-31-33(27)30-20-10-19-28-29(22-23-32(41-31)34(28)30)37-39-35(25-14-6-2-7-15-25)38-36(40-37)26-16-8-3-9-17-26/h1-23H. The van der Waals surface area contributed by atoms with Crippen LogP contribution in [-0.4, -0.2) is 15.0 Å². The van der Waals surface area contributed by atoms with E-state index in [2.05, 4.69) is 60.7 Å². The third-order valence-corrected chi connectivity index (χ3v) is 7.54. The Kier molecular flexibility index (Phi) is 5.42. The van der Waals surface area contributed by atoms with Crippen molar-refractivity contribution in [2.75, 3.05) is 0 Å². The quantitative estimate of drug-likeness (QED) is 0.230. The molecule has 6 aromatic carbocycles. The zero-order valence-electron chi connectivity index (χ0n) is 22.0. The van der Waals surface area contributed by atoms with Gasteiger partial charge in [-0.25, -0.2) is 15.0 Å². The third kappa shape index (κ3) is 3.97. The van der Waals surface area contributed by atoms with E-state index in [0.29, 0.717) is 17.5 Å². The van der Waals surface area contributed by atoms with Crippen LogP contribution in [0, 0.1) is 0 Å². The number of fused-ring (bicyclic) bond motifs is 2. The van der Waals surface area contributed by atoms with Crippen molar-refractivity contribution in [1.82, 2.24) is 15.0 Å². The van der Waals surface area contributed by atoms with E-state index < -0.39 is 0 Å². The van der Waals surface area contributed by atoms with Crippen molar-refractivity contribution < 1.29 is 4.74 Å². The lowest BCUT2D eigenvalue weighted by Crippen LogP contribution is -2.02. The molecule has 1 aromatic heterocycles. The second-order valence-electron chi connectivity index (χ2n) is 10.0. The van der Waals surface area contributed by atoms with E-state index in [4.69, 9.17) is 19.7 Å². The largest absolute Gasteiger partial charge is 0.456 e. The monoisotopic (exact) mass is 525 g/mol. The first kappa shape index (κ1) is 23.3. The highest BCUT2D eigenvalue weighted by atomic mass is 16.5. The average Bonchev–Trinajstić information content (AvgIpc) is 3.06. The molecule has 0 amide bonds. The molecule has 0 unspecified atom stereocenters. The van der Waals surface area contributed by atoms with Crippen LogP contribution in [0.4, 0.5) is 0 Å². The number of rotatable bonds is 4. The van der Waals surface area contributed by atoms with E-state index in [1.54, 1.807) is 0 Å². The minimum atomic E-state index is 0.628. The summed E-state index contributed by atoms with van der Waals surface area (Å²) in [5.41, 5.74) is 7.36. The first-order chi connectivity index (χ1) is 20.3. The molecule has 4 nitrogen and oxygen atoms in total. The maximum absolute atomic E-state index is 6.54. The summed E-state index contributed by atoms with van der Waals surface area (Å²) in [5.74, 6) is 3.60.